The molecule has 12 nitrogen and oxygen atoms in total. The number of Topliss-reactive ketones (excluding diaryl/α,β-unsaturated/α-hetero) is 1. The molecule has 5 aliphatic rings. The van der Waals surface area contributed by atoms with E-state index in [4.69, 9.17) is 28.1 Å². The van der Waals surface area contributed by atoms with Crippen molar-refractivity contribution in [3.63, 3.8) is 0 Å². The van der Waals surface area contributed by atoms with Crippen LogP contribution in [0.5, 0.6) is 0 Å². The number of H-pyrrole nitrogens is 1. The summed E-state index contributed by atoms with van der Waals surface area (Å²) in [5.74, 6) is -1.62. The number of guanidine groups is 2. The Morgan fingerprint density at radius 1 is 1.21 bits per heavy atom. The molecule has 2 aromatic rings. The predicted octanol–water partition coefficient (Wildman–Crippen LogP) is 1.35. The van der Waals surface area contributed by atoms with Crippen molar-refractivity contribution in [2.75, 3.05) is 6.54 Å². The van der Waals surface area contributed by atoms with Gasteiger partial charge in [0, 0.05) is 23.1 Å². The maximum absolute atomic E-state index is 14.0. The highest BCUT2D eigenvalue weighted by atomic mass is 79.9. The molecule has 1 amide bonds. The molecule has 9 N–H and O–H groups in total. The number of aliphatic hydroxyl groups excluding tert-OH is 1. The van der Waals surface area contributed by atoms with Gasteiger partial charge in [0.25, 0.3) is 5.91 Å². The van der Waals surface area contributed by atoms with Gasteiger partial charge in [-0.05, 0) is 78.2 Å². The number of fused-ring (bicyclic) bond motifs is 4. The van der Waals surface area contributed by atoms with Gasteiger partial charge in [0.1, 0.15) is 11.2 Å². The molecule has 2 saturated carbocycles. The minimum absolute atomic E-state index is 0.0460. The minimum atomic E-state index is -1.28. The molecule has 0 bridgehead atoms. The van der Waals surface area contributed by atoms with E-state index in [-0.39, 0.29) is 42.0 Å². The van der Waals surface area contributed by atoms with Gasteiger partial charge in [0.05, 0.1) is 31.6 Å². The summed E-state index contributed by atoms with van der Waals surface area (Å²) in [6.45, 7) is 0.203. The second kappa shape index (κ2) is 8.47. The summed E-state index contributed by atoms with van der Waals surface area (Å²) in [6, 6.07) is 3.47. The Morgan fingerprint density at radius 3 is 2.59 bits per heavy atom. The molecular weight excluding hydrogens is 725 g/mol. The molecule has 7 rings (SSSR count). The van der Waals surface area contributed by atoms with Gasteiger partial charge < -0.3 is 42.1 Å². The number of nitrogens with zero attached hydrogens (tertiary/aromatic N) is 3. The summed E-state index contributed by atoms with van der Waals surface area (Å²) in [4.78, 5) is 38.9. The van der Waals surface area contributed by atoms with Crippen molar-refractivity contribution in [1.29, 1.82) is 0 Å². The van der Waals surface area contributed by atoms with Crippen LogP contribution in [0.1, 0.15) is 33.6 Å². The maximum atomic E-state index is 14.0. The van der Waals surface area contributed by atoms with Gasteiger partial charge in [0.2, 0.25) is 0 Å². The Bertz CT molecular complexity index is 1490. The first-order chi connectivity index (χ1) is 18.5. The largest absolute Gasteiger partial charge is 0.370 e. The molecule has 16 heteroatoms. The Labute approximate surface area is 252 Å². The summed E-state index contributed by atoms with van der Waals surface area (Å²) in [5.41, 5.74) is 11.1. The van der Waals surface area contributed by atoms with Crippen LogP contribution in [0.15, 0.2) is 41.9 Å². The van der Waals surface area contributed by atoms with Crippen LogP contribution in [0, 0.1) is 23.7 Å². The lowest BCUT2D eigenvalue weighted by Gasteiger charge is -2.50. The van der Waals surface area contributed by atoms with Gasteiger partial charge in [-0.2, -0.15) is 0 Å². The van der Waals surface area contributed by atoms with Crippen LogP contribution >= 0.6 is 59.4 Å². The van der Waals surface area contributed by atoms with E-state index in [1.165, 1.54) is 0 Å². The number of alkyl halides is 1. The lowest BCUT2D eigenvalue weighted by Crippen LogP contribution is -2.71. The smallest absolute Gasteiger partial charge is 0.267 e. The number of nitrogens with one attached hydrogen (secondary N) is 4. The molecule has 2 spiro atoms. The second-order valence-corrected chi connectivity index (χ2v) is 13.8. The van der Waals surface area contributed by atoms with Crippen LogP contribution in [0.3, 0.4) is 0 Å². The number of halogens is 4. The molecule has 2 aromatic heterocycles. The summed E-state index contributed by atoms with van der Waals surface area (Å²) in [7, 11) is 0. The number of hydrogen-bond donors (Lipinski definition) is 7. The van der Waals surface area contributed by atoms with Crippen LogP contribution in [0.4, 0.5) is 0 Å². The first-order valence-corrected chi connectivity index (χ1v) is 15.1. The number of aromatic nitrogens is 2. The number of hydrogen-bond acceptors (Lipinski definition) is 9. The number of carbonyl (C=O) groups is 2. The summed E-state index contributed by atoms with van der Waals surface area (Å²) in [6.07, 6.45) is 0.433. The zero-order valence-corrected chi connectivity index (χ0v) is 25.5. The number of aliphatic imine (C=N–C) groups is 2. The topological polar surface area (TPSA) is 188 Å². The summed E-state index contributed by atoms with van der Waals surface area (Å²) in [5, 5.41) is 20.3. The van der Waals surface area contributed by atoms with Crippen molar-refractivity contribution in [3.8, 4) is 0 Å². The fraction of sp³-hybridized carbons (Fsp3) is 0.478. The van der Waals surface area contributed by atoms with Crippen molar-refractivity contribution in [2.24, 2.45) is 45.1 Å². The molecule has 5 heterocycles. The fourth-order valence-corrected chi connectivity index (χ4v) is 9.56. The lowest BCUT2D eigenvalue weighted by molar-refractivity contribution is 0.0102. The normalized spacial score (nSPS) is 39.4. The van der Waals surface area contributed by atoms with Crippen LogP contribution in [-0.4, -0.2) is 67.5 Å². The van der Waals surface area contributed by atoms with Crippen molar-refractivity contribution in [1.82, 2.24) is 25.5 Å². The SMILES string of the molecule is NC1=NC(O)C2(N1)C(Cl)C(CNC(=O)c1cc(Br)c(Br)[nH]1)C1CC3C(=O)c4cc(Br)cn4C4N=C(N)NC34C12. The first kappa shape index (κ1) is 25.9. The lowest BCUT2D eigenvalue weighted by atomic mass is 9.66. The molecule has 9 atom stereocenters. The second-order valence-electron chi connectivity index (χ2n) is 10.8. The van der Waals surface area contributed by atoms with E-state index in [0.717, 1.165) is 8.95 Å². The molecule has 3 aliphatic heterocycles. The molecule has 206 valence electrons. The number of carbonyl (C=O) groups excluding carboxylic acids is 2. The van der Waals surface area contributed by atoms with Crippen molar-refractivity contribution in [3.05, 3.63) is 43.3 Å². The average Bonchev–Trinajstić information content (AvgIpc) is 3.68. The van der Waals surface area contributed by atoms with Crippen molar-refractivity contribution >= 4 is 83.0 Å². The molecule has 0 aromatic carbocycles. The van der Waals surface area contributed by atoms with E-state index < -0.39 is 40.7 Å². The Kier molecular flexibility index (Phi) is 5.62. The number of rotatable bonds is 3. The number of aromatic amines is 1. The zero-order chi connectivity index (χ0) is 27.6. The molecule has 0 saturated heterocycles. The first-order valence-electron chi connectivity index (χ1n) is 12.3. The van der Waals surface area contributed by atoms with Crippen LogP contribution in [0.2, 0.25) is 0 Å². The van der Waals surface area contributed by atoms with Crippen LogP contribution < -0.4 is 27.4 Å². The number of ketones is 1. The van der Waals surface area contributed by atoms with Gasteiger partial charge in [-0.15, -0.1) is 11.6 Å². The number of amides is 1. The Balaban J connectivity index is 1.31. The molecule has 2 aliphatic carbocycles. The molecular formula is C23H23Br3ClN9O3. The standard InChI is InChI=1S/C23H23Br3ClN9O3/c24-6-1-12-13(37)9-2-7-8(4-30-17(38)11-3-10(25)16(26)31-11)15(27)23(19(39)33-21(29)35-23)14(7)22(9)18(36(12)5-6)32-20(28)34-22/h1,3,5,7-9,14-15,18-19,31,39H,2,4H2,(H,30,38)(H3,28,32,34)(H3,29,33,35). The zero-order valence-electron chi connectivity index (χ0n) is 20.0. The molecule has 0 radical (unpaired) electrons. The van der Waals surface area contributed by atoms with E-state index >= 15 is 0 Å². The van der Waals surface area contributed by atoms with Gasteiger partial charge >= 0.3 is 0 Å². The third-order valence-electron chi connectivity index (χ3n) is 9.11. The van der Waals surface area contributed by atoms with E-state index in [0.29, 0.717) is 22.4 Å². The monoisotopic (exact) mass is 745 g/mol. The molecule has 39 heavy (non-hydrogen) atoms. The average molecular weight is 749 g/mol. The van der Waals surface area contributed by atoms with Gasteiger partial charge in [-0.3, -0.25) is 9.59 Å². The number of nitrogens with two attached hydrogens (primary N) is 2. The highest BCUT2D eigenvalue weighted by Crippen LogP contribution is 2.67. The highest BCUT2D eigenvalue weighted by molar-refractivity contribution is 9.13. The summed E-state index contributed by atoms with van der Waals surface area (Å²) < 4.78 is 3.95. The van der Waals surface area contributed by atoms with E-state index in [1.807, 2.05) is 10.8 Å². The van der Waals surface area contributed by atoms with Crippen molar-refractivity contribution < 1.29 is 14.7 Å². The quantitative estimate of drug-likeness (QED) is 0.231. The van der Waals surface area contributed by atoms with Crippen LogP contribution in [-0.2, 0) is 0 Å². The Morgan fingerprint density at radius 2 is 1.92 bits per heavy atom. The maximum Gasteiger partial charge on any atom is 0.267 e. The number of aliphatic hydroxyl groups is 1. The minimum Gasteiger partial charge on any atom is -0.370 e. The third-order valence-corrected chi connectivity index (χ3v) is 12.0. The van der Waals surface area contributed by atoms with Crippen molar-refractivity contribution in [2.45, 2.75) is 35.3 Å². The van der Waals surface area contributed by atoms with Gasteiger partial charge in [0.15, 0.2) is 30.1 Å². The third kappa shape index (κ3) is 3.24. The molecule has 9 unspecified atom stereocenters. The van der Waals surface area contributed by atoms with Gasteiger partial charge in [-0.25, -0.2) is 9.98 Å². The van der Waals surface area contributed by atoms with Gasteiger partial charge in [-0.1, -0.05) is 0 Å². The van der Waals surface area contributed by atoms with E-state index in [1.54, 1.807) is 12.1 Å². The Hall–Kier alpha value is -2.07. The predicted molar refractivity (Wildman–Crippen MR) is 153 cm³/mol. The van der Waals surface area contributed by atoms with Crippen LogP contribution in [0.25, 0.3) is 0 Å². The fourth-order valence-electron chi connectivity index (χ4n) is 7.89. The highest BCUT2D eigenvalue weighted by Gasteiger charge is 2.79. The van der Waals surface area contributed by atoms with E-state index in [2.05, 4.69) is 73.7 Å². The van der Waals surface area contributed by atoms with E-state index in [9.17, 15) is 14.7 Å². The summed E-state index contributed by atoms with van der Waals surface area (Å²) >= 11 is 17.5. The molecule has 2 fully saturated rings.